The van der Waals surface area contributed by atoms with Gasteiger partial charge in [-0.1, -0.05) is 32.0 Å². The lowest BCUT2D eigenvalue weighted by atomic mass is 9.99. The fourth-order valence-electron chi connectivity index (χ4n) is 4.68. The van der Waals surface area contributed by atoms with Gasteiger partial charge in [-0.3, -0.25) is 4.79 Å². The van der Waals surface area contributed by atoms with Gasteiger partial charge in [0, 0.05) is 12.5 Å². The molecule has 0 radical (unpaired) electrons. The topological polar surface area (TPSA) is 94.2 Å². The molecule has 8 heteroatoms. The highest BCUT2D eigenvalue weighted by atomic mass is 16.6. The monoisotopic (exact) mass is 446 g/mol. The molecular weight excluding hydrogens is 412 g/mol. The van der Waals surface area contributed by atoms with Gasteiger partial charge in [0.1, 0.15) is 29.5 Å². The SMILES string of the molecule is COC(=O)[C@@H]1[C@@H]2[C@H](CN1C(=O)[C@@H](NC(=O)OC(C)(C)C)[C@@H](C)Oc1ccccc1)C2(C)C. The maximum Gasteiger partial charge on any atom is 0.408 e. The minimum Gasteiger partial charge on any atom is -0.488 e. The molecule has 3 rings (SSSR count). The molecule has 1 saturated heterocycles. The molecule has 0 unspecified atom stereocenters. The Morgan fingerprint density at radius 2 is 1.78 bits per heavy atom. The van der Waals surface area contributed by atoms with Gasteiger partial charge in [-0.15, -0.1) is 0 Å². The van der Waals surface area contributed by atoms with Crippen molar-refractivity contribution in [3.05, 3.63) is 30.3 Å². The zero-order valence-electron chi connectivity index (χ0n) is 19.9. The van der Waals surface area contributed by atoms with Crippen LogP contribution in [0.4, 0.5) is 4.79 Å². The average molecular weight is 447 g/mol. The number of likely N-dealkylation sites (tertiary alicyclic amines) is 1. The van der Waals surface area contributed by atoms with Gasteiger partial charge in [-0.25, -0.2) is 9.59 Å². The predicted octanol–water partition coefficient (Wildman–Crippen LogP) is 3.00. The molecule has 176 valence electrons. The Labute approximate surface area is 189 Å². The van der Waals surface area contributed by atoms with E-state index in [-0.39, 0.29) is 17.3 Å². The van der Waals surface area contributed by atoms with Gasteiger partial charge in [0.05, 0.1) is 7.11 Å². The van der Waals surface area contributed by atoms with Crippen molar-refractivity contribution >= 4 is 18.0 Å². The molecule has 2 aliphatic rings. The molecule has 1 aromatic rings. The summed E-state index contributed by atoms with van der Waals surface area (Å²) in [5.41, 5.74) is -0.759. The summed E-state index contributed by atoms with van der Waals surface area (Å²) in [5, 5.41) is 2.67. The lowest BCUT2D eigenvalue weighted by molar-refractivity contribution is -0.154. The third-order valence-corrected chi connectivity index (χ3v) is 6.41. The van der Waals surface area contributed by atoms with E-state index in [0.717, 1.165) is 0 Å². The standard InChI is InChI=1S/C24H34N2O6/c1-14(31-15-11-9-8-10-12-15)18(25-22(29)32-23(2,3)4)20(27)26-13-16-17(24(16,5)6)19(26)21(28)30-7/h8-12,14,16-19H,13H2,1-7H3,(H,25,29)/t14-,16+,17+,18+,19+/m1/s1. The van der Waals surface area contributed by atoms with Crippen LogP contribution in [-0.2, 0) is 19.1 Å². The minimum absolute atomic E-state index is 0.0319. The van der Waals surface area contributed by atoms with Crippen molar-refractivity contribution in [2.45, 2.75) is 65.3 Å². The fourth-order valence-corrected chi connectivity index (χ4v) is 4.68. The number of methoxy groups -OCH3 is 1. The molecule has 0 aromatic heterocycles. The van der Waals surface area contributed by atoms with Crippen molar-refractivity contribution in [2.75, 3.05) is 13.7 Å². The molecular formula is C24H34N2O6. The zero-order valence-corrected chi connectivity index (χ0v) is 19.9. The molecule has 2 fully saturated rings. The minimum atomic E-state index is -1.04. The van der Waals surface area contributed by atoms with E-state index in [9.17, 15) is 14.4 Å². The van der Waals surface area contributed by atoms with Crippen LogP contribution in [0, 0.1) is 17.3 Å². The Morgan fingerprint density at radius 1 is 1.16 bits per heavy atom. The molecule has 32 heavy (non-hydrogen) atoms. The maximum atomic E-state index is 13.7. The quantitative estimate of drug-likeness (QED) is 0.675. The van der Waals surface area contributed by atoms with Crippen LogP contribution in [0.2, 0.25) is 0 Å². The van der Waals surface area contributed by atoms with Gasteiger partial charge in [0.2, 0.25) is 5.91 Å². The Bertz CT molecular complexity index is 863. The van der Waals surface area contributed by atoms with E-state index in [1.165, 1.54) is 12.0 Å². The number of rotatable bonds is 6. The number of hydrogen-bond acceptors (Lipinski definition) is 6. The molecule has 1 N–H and O–H groups in total. The second-order valence-corrected chi connectivity index (χ2v) is 10.2. The van der Waals surface area contributed by atoms with Crippen molar-refractivity contribution in [3.63, 3.8) is 0 Å². The zero-order chi connectivity index (χ0) is 23.8. The number of para-hydroxylation sites is 1. The molecule has 1 aliphatic heterocycles. The molecule has 2 amide bonds. The summed E-state index contributed by atoms with van der Waals surface area (Å²) < 4.78 is 16.3. The molecule has 0 bridgehead atoms. The number of carbonyl (C=O) groups excluding carboxylic acids is 3. The number of hydrogen-bond donors (Lipinski definition) is 1. The van der Waals surface area contributed by atoms with Crippen LogP contribution in [0.1, 0.15) is 41.5 Å². The Kier molecular flexibility index (Phi) is 6.45. The number of fused-ring (bicyclic) bond motifs is 1. The van der Waals surface area contributed by atoms with Crippen molar-refractivity contribution in [1.82, 2.24) is 10.2 Å². The Morgan fingerprint density at radius 3 is 2.34 bits per heavy atom. The first-order chi connectivity index (χ1) is 14.9. The predicted molar refractivity (Wildman–Crippen MR) is 118 cm³/mol. The first kappa shape index (κ1) is 23.9. The molecule has 1 aliphatic carbocycles. The summed E-state index contributed by atoms with van der Waals surface area (Å²) in [7, 11) is 1.32. The number of carbonyl (C=O) groups is 3. The van der Waals surface area contributed by atoms with Crippen LogP contribution in [-0.4, -0.2) is 60.3 Å². The highest BCUT2D eigenvalue weighted by Gasteiger charge is 2.70. The Balaban J connectivity index is 1.83. The van der Waals surface area contributed by atoms with Crippen molar-refractivity contribution in [3.8, 4) is 5.75 Å². The van der Waals surface area contributed by atoms with Crippen molar-refractivity contribution in [1.29, 1.82) is 0 Å². The third-order valence-electron chi connectivity index (χ3n) is 6.41. The summed E-state index contributed by atoms with van der Waals surface area (Å²) in [5.74, 6) is -0.0185. The molecule has 5 atom stereocenters. The van der Waals surface area contributed by atoms with E-state index in [2.05, 4.69) is 19.2 Å². The van der Waals surface area contributed by atoms with E-state index < -0.39 is 41.8 Å². The molecule has 8 nitrogen and oxygen atoms in total. The number of nitrogens with zero attached hydrogens (tertiary/aromatic N) is 1. The smallest absolute Gasteiger partial charge is 0.408 e. The van der Waals surface area contributed by atoms with Gasteiger partial charge < -0.3 is 24.4 Å². The lowest BCUT2D eigenvalue weighted by Crippen LogP contribution is -2.59. The number of piperidine rings is 1. The molecule has 0 spiro atoms. The van der Waals surface area contributed by atoms with Gasteiger partial charge in [0.25, 0.3) is 0 Å². The second-order valence-electron chi connectivity index (χ2n) is 10.2. The van der Waals surface area contributed by atoms with E-state index in [1.54, 1.807) is 39.8 Å². The summed E-state index contributed by atoms with van der Waals surface area (Å²) in [6.45, 7) is 11.6. The molecule has 1 aromatic carbocycles. The van der Waals surface area contributed by atoms with E-state index >= 15 is 0 Å². The average Bonchev–Trinajstić information content (AvgIpc) is 3.04. The number of benzene rings is 1. The number of ether oxygens (including phenoxy) is 3. The van der Waals surface area contributed by atoms with Gasteiger partial charge in [0.15, 0.2) is 0 Å². The first-order valence-corrected chi connectivity index (χ1v) is 11.0. The van der Waals surface area contributed by atoms with E-state index in [0.29, 0.717) is 12.3 Å². The lowest BCUT2D eigenvalue weighted by Gasteiger charge is -2.34. The summed E-state index contributed by atoms with van der Waals surface area (Å²) in [6, 6.07) is 7.33. The largest absolute Gasteiger partial charge is 0.488 e. The van der Waals surface area contributed by atoms with Gasteiger partial charge >= 0.3 is 12.1 Å². The van der Waals surface area contributed by atoms with E-state index in [4.69, 9.17) is 14.2 Å². The Hall–Kier alpha value is -2.77. The number of esters is 1. The van der Waals surface area contributed by atoms with Crippen LogP contribution in [0.3, 0.4) is 0 Å². The van der Waals surface area contributed by atoms with Crippen LogP contribution in [0.15, 0.2) is 30.3 Å². The van der Waals surface area contributed by atoms with Crippen molar-refractivity contribution < 1.29 is 28.6 Å². The van der Waals surface area contributed by atoms with Crippen LogP contribution < -0.4 is 10.1 Å². The molecule has 1 saturated carbocycles. The van der Waals surface area contributed by atoms with Crippen molar-refractivity contribution in [2.24, 2.45) is 17.3 Å². The normalized spacial score (nSPS) is 25.2. The van der Waals surface area contributed by atoms with Gasteiger partial charge in [-0.05, 0) is 51.2 Å². The van der Waals surface area contributed by atoms with Crippen LogP contribution in [0.25, 0.3) is 0 Å². The number of nitrogens with one attached hydrogen (secondary N) is 1. The number of alkyl carbamates (subject to hydrolysis) is 1. The first-order valence-electron chi connectivity index (χ1n) is 11.0. The van der Waals surface area contributed by atoms with Crippen LogP contribution >= 0.6 is 0 Å². The highest BCUT2D eigenvalue weighted by Crippen LogP contribution is 2.65. The number of amides is 2. The van der Waals surface area contributed by atoms with Gasteiger partial charge in [-0.2, -0.15) is 0 Å². The molecule has 1 heterocycles. The summed E-state index contributed by atoms with van der Waals surface area (Å²) in [6.07, 6.45) is -1.43. The maximum absolute atomic E-state index is 13.7. The van der Waals surface area contributed by atoms with Crippen LogP contribution in [0.5, 0.6) is 5.75 Å². The summed E-state index contributed by atoms with van der Waals surface area (Å²) in [4.78, 5) is 40.3. The highest BCUT2D eigenvalue weighted by molar-refractivity contribution is 5.91. The fraction of sp³-hybridized carbons (Fsp3) is 0.625. The summed E-state index contributed by atoms with van der Waals surface area (Å²) >= 11 is 0. The third kappa shape index (κ3) is 4.84. The van der Waals surface area contributed by atoms with E-state index in [1.807, 2.05) is 18.2 Å². The second kappa shape index (κ2) is 8.64.